The molecular formula is C10H19F2N3O3. The van der Waals surface area contributed by atoms with Crippen molar-refractivity contribution in [3.63, 3.8) is 0 Å². The standard InChI is InChI=1S/C10H19F2N3O3/c1-6(2)3-7(15-9(13)18)8(17)14-4-10(11,12)5-16/h6-7,16H,3-5H2,1-2H3,(H,14,17)(H3,13,15,18). The molecule has 0 rings (SSSR count). The summed E-state index contributed by atoms with van der Waals surface area (Å²) in [6.07, 6.45) is 0.277. The zero-order chi connectivity index (χ0) is 14.3. The normalized spacial score (nSPS) is 13.2. The minimum atomic E-state index is -3.38. The number of hydrogen-bond donors (Lipinski definition) is 4. The molecule has 1 unspecified atom stereocenters. The third-order valence-electron chi connectivity index (χ3n) is 2.09. The minimum Gasteiger partial charge on any atom is -0.390 e. The fraction of sp³-hybridized carbons (Fsp3) is 0.800. The number of carbonyl (C=O) groups excluding carboxylic acids is 2. The topological polar surface area (TPSA) is 104 Å². The van der Waals surface area contributed by atoms with Crippen molar-refractivity contribution in [1.82, 2.24) is 10.6 Å². The minimum absolute atomic E-state index is 0.0750. The van der Waals surface area contributed by atoms with Gasteiger partial charge in [-0.15, -0.1) is 0 Å². The Morgan fingerprint density at radius 1 is 1.39 bits per heavy atom. The molecule has 0 radical (unpaired) electrons. The van der Waals surface area contributed by atoms with Gasteiger partial charge in [-0.2, -0.15) is 0 Å². The summed E-state index contributed by atoms with van der Waals surface area (Å²) in [5, 5.41) is 12.5. The molecule has 0 aliphatic carbocycles. The van der Waals surface area contributed by atoms with Crippen molar-refractivity contribution in [2.45, 2.75) is 32.2 Å². The highest BCUT2D eigenvalue weighted by Gasteiger charge is 2.30. The monoisotopic (exact) mass is 267 g/mol. The van der Waals surface area contributed by atoms with Crippen molar-refractivity contribution >= 4 is 11.9 Å². The molecule has 0 aromatic heterocycles. The molecule has 0 fully saturated rings. The van der Waals surface area contributed by atoms with E-state index in [1.165, 1.54) is 0 Å². The van der Waals surface area contributed by atoms with Crippen LogP contribution in [0.5, 0.6) is 0 Å². The number of nitrogens with two attached hydrogens (primary N) is 1. The van der Waals surface area contributed by atoms with Crippen LogP contribution >= 0.6 is 0 Å². The highest BCUT2D eigenvalue weighted by Crippen LogP contribution is 2.10. The SMILES string of the molecule is CC(C)CC(NC(N)=O)C(=O)NCC(F)(F)CO. The van der Waals surface area contributed by atoms with Crippen LogP contribution in [0.25, 0.3) is 0 Å². The number of rotatable bonds is 7. The predicted octanol–water partition coefficient (Wildman–Crippen LogP) is -0.187. The van der Waals surface area contributed by atoms with Crippen LogP contribution in [0.1, 0.15) is 20.3 Å². The van der Waals surface area contributed by atoms with Gasteiger partial charge in [0.15, 0.2) is 0 Å². The van der Waals surface area contributed by atoms with Crippen molar-refractivity contribution < 1.29 is 23.5 Å². The number of alkyl halides is 2. The second-order valence-corrected chi connectivity index (χ2v) is 4.42. The highest BCUT2D eigenvalue weighted by molar-refractivity contribution is 5.86. The van der Waals surface area contributed by atoms with Crippen LogP contribution in [0.15, 0.2) is 0 Å². The van der Waals surface area contributed by atoms with E-state index in [0.29, 0.717) is 0 Å². The Hall–Kier alpha value is -1.44. The molecule has 8 heteroatoms. The van der Waals surface area contributed by atoms with Crippen LogP contribution in [0, 0.1) is 5.92 Å². The number of amides is 3. The van der Waals surface area contributed by atoms with Crippen LogP contribution in [-0.4, -0.2) is 42.2 Å². The summed E-state index contributed by atoms with van der Waals surface area (Å²) in [7, 11) is 0. The predicted molar refractivity (Wildman–Crippen MR) is 61.0 cm³/mol. The molecule has 0 spiro atoms. The molecule has 18 heavy (non-hydrogen) atoms. The average molecular weight is 267 g/mol. The van der Waals surface area contributed by atoms with Crippen LogP contribution in [0.2, 0.25) is 0 Å². The lowest BCUT2D eigenvalue weighted by molar-refractivity contribution is -0.126. The van der Waals surface area contributed by atoms with E-state index in [-0.39, 0.29) is 12.3 Å². The third-order valence-corrected chi connectivity index (χ3v) is 2.09. The molecule has 6 nitrogen and oxygen atoms in total. The summed E-state index contributed by atoms with van der Waals surface area (Å²) in [6.45, 7) is 1.28. The number of urea groups is 1. The highest BCUT2D eigenvalue weighted by atomic mass is 19.3. The number of nitrogens with one attached hydrogen (secondary N) is 2. The van der Waals surface area contributed by atoms with Gasteiger partial charge in [0.05, 0.1) is 6.54 Å². The van der Waals surface area contributed by atoms with Crippen molar-refractivity contribution in [2.75, 3.05) is 13.2 Å². The van der Waals surface area contributed by atoms with Crippen molar-refractivity contribution in [3.8, 4) is 0 Å². The first-order valence-electron chi connectivity index (χ1n) is 5.50. The van der Waals surface area contributed by atoms with Gasteiger partial charge in [-0.3, -0.25) is 4.79 Å². The molecule has 0 heterocycles. The fourth-order valence-electron chi connectivity index (χ4n) is 1.27. The molecule has 0 saturated heterocycles. The Bertz CT molecular complexity index is 298. The summed E-state index contributed by atoms with van der Waals surface area (Å²) in [6, 6.07) is -1.86. The van der Waals surface area contributed by atoms with E-state index in [0.717, 1.165) is 0 Å². The van der Waals surface area contributed by atoms with Crippen molar-refractivity contribution in [1.29, 1.82) is 0 Å². The summed E-state index contributed by atoms with van der Waals surface area (Å²) in [4.78, 5) is 22.3. The van der Waals surface area contributed by atoms with E-state index in [1.54, 1.807) is 0 Å². The van der Waals surface area contributed by atoms with Gasteiger partial charge < -0.3 is 21.5 Å². The van der Waals surface area contributed by atoms with Gasteiger partial charge in [0.1, 0.15) is 12.6 Å². The summed E-state index contributed by atoms with van der Waals surface area (Å²) in [5.41, 5.74) is 4.90. The Balaban J connectivity index is 4.42. The second-order valence-electron chi connectivity index (χ2n) is 4.42. The maximum atomic E-state index is 12.7. The van der Waals surface area contributed by atoms with E-state index in [4.69, 9.17) is 10.8 Å². The molecule has 0 saturated carbocycles. The lowest BCUT2D eigenvalue weighted by Gasteiger charge is -2.21. The second kappa shape index (κ2) is 7.10. The van der Waals surface area contributed by atoms with E-state index in [1.807, 2.05) is 19.2 Å². The molecular weight excluding hydrogens is 248 g/mol. The van der Waals surface area contributed by atoms with Gasteiger partial charge in [-0.1, -0.05) is 13.8 Å². The summed E-state index contributed by atoms with van der Waals surface area (Å²) < 4.78 is 25.4. The van der Waals surface area contributed by atoms with Crippen molar-refractivity contribution in [3.05, 3.63) is 0 Å². The van der Waals surface area contributed by atoms with Crippen LogP contribution in [0.3, 0.4) is 0 Å². The molecule has 0 aliphatic heterocycles. The number of aliphatic hydroxyl groups excluding tert-OH is 1. The average Bonchev–Trinajstić information content (AvgIpc) is 2.24. The first kappa shape index (κ1) is 16.6. The number of aliphatic hydroxyl groups is 1. The van der Waals surface area contributed by atoms with E-state index in [2.05, 4.69) is 5.32 Å². The Labute approximate surface area is 104 Å². The summed E-state index contributed by atoms with van der Waals surface area (Å²) >= 11 is 0. The van der Waals surface area contributed by atoms with Crippen molar-refractivity contribution in [2.24, 2.45) is 11.7 Å². The number of primary amides is 1. The van der Waals surface area contributed by atoms with Gasteiger partial charge in [-0.05, 0) is 12.3 Å². The zero-order valence-corrected chi connectivity index (χ0v) is 10.4. The Morgan fingerprint density at radius 3 is 2.33 bits per heavy atom. The maximum absolute atomic E-state index is 12.7. The lowest BCUT2D eigenvalue weighted by Crippen LogP contribution is -2.51. The Morgan fingerprint density at radius 2 is 1.94 bits per heavy atom. The third kappa shape index (κ3) is 7.00. The van der Waals surface area contributed by atoms with Crippen LogP contribution < -0.4 is 16.4 Å². The molecule has 0 bridgehead atoms. The maximum Gasteiger partial charge on any atom is 0.312 e. The Kier molecular flexibility index (Phi) is 6.53. The lowest BCUT2D eigenvalue weighted by atomic mass is 10.0. The molecule has 3 amide bonds. The van der Waals surface area contributed by atoms with Gasteiger partial charge in [0.25, 0.3) is 5.92 Å². The van der Waals surface area contributed by atoms with Gasteiger partial charge in [0.2, 0.25) is 5.91 Å². The molecule has 0 aromatic carbocycles. The van der Waals surface area contributed by atoms with E-state index >= 15 is 0 Å². The van der Waals surface area contributed by atoms with Gasteiger partial charge in [-0.25, -0.2) is 13.6 Å². The molecule has 1 atom stereocenters. The molecule has 5 N–H and O–H groups in total. The van der Waals surface area contributed by atoms with E-state index < -0.39 is 37.1 Å². The number of halogens is 2. The van der Waals surface area contributed by atoms with Gasteiger partial charge in [0, 0.05) is 0 Å². The zero-order valence-electron chi connectivity index (χ0n) is 10.4. The first-order valence-corrected chi connectivity index (χ1v) is 5.50. The first-order chi connectivity index (χ1) is 8.18. The summed E-state index contributed by atoms with van der Waals surface area (Å²) in [5.74, 6) is -4.06. The number of hydrogen-bond acceptors (Lipinski definition) is 3. The van der Waals surface area contributed by atoms with Crippen LogP contribution in [-0.2, 0) is 4.79 Å². The van der Waals surface area contributed by atoms with Crippen LogP contribution in [0.4, 0.5) is 13.6 Å². The number of carbonyl (C=O) groups is 2. The smallest absolute Gasteiger partial charge is 0.312 e. The molecule has 0 aliphatic rings. The fourth-order valence-corrected chi connectivity index (χ4v) is 1.27. The quantitative estimate of drug-likeness (QED) is 0.514. The van der Waals surface area contributed by atoms with Gasteiger partial charge >= 0.3 is 6.03 Å². The largest absolute Gasteiger partial charge is 0.390 e. The molecule has 0 aromatic rings. The van der Waals surface area contributed by atoms with E-state index in [9.17, 15) is 18.4 Å². The molecule has 106 valence electrons.